The van der Waals surface area contributed by atoms with Crippen molar-refractivity contribution in [3.63, 3.8) is 0 Å². The van der Waals surface area contributed by atoms with Crippen LogP contribution in [0.15, 0.2) is 9.69 Å². The van der Waals surface area contributed by atoms with Crippen molar-refractivity contribution in [2.45, 2.75) is 29.4 Å². The molecular formula is C9H14N4O6S. The monoisotopic (exact) mass is 306 g/mol. The normalized spacial score (nSPS) is 29.6. The Hall–Kier alpha value is -1.37. The van der Waals surface area contributed by atoms with Crippen LogP contribution in [0.2, 0.25) is 0 Å². The molecule has 11 heteroatoms. The van der Waals surface area contributed by atoms with Crippen molar-refractivity contribution >= 4 is 24.4 Å². The summed E-state index contributed by atoms with van der Waals surface area (Å²) >= 11 is 3.88. The Balaban J connectivity index is 2.33. The zero-order valence-corrected chi connectivity index (χ0v) is 10.9. The first kappa shape index (κ1) is 15.0. The van der Waals surface area contributed by atoms with E-state index in [1.165, 1.54) is 0 Å². The number of hydrogen-bond acceptors (Lipinski definition) is 10. The third-order valence-corrected chi connectivity index (χ3v) is 3.29. The number of aliphatic hydroxyl groups is 3. The molecular weight excluding hydrogens is 292 g/mol. The number of ether oxygens (including phenoxy) is 1. The third-order valence-electron chi connectivity index (χ3n) is 2.88. The lowest BCUT2D eigenvalue weighted by Gasteiger charge is -2.26. The molecule has 112 valence electrons. The summed E-state index contributed by atoms with van der Waals surface area (Å²) in [4.78, 5) is 16.9. The summed E-state index contributed by atoms with van der Waals surface area (Å²) in [5.41, 5.74) is 4.56. The topological polar surface area (TPSA) is 165 Å². The largest absolute Gasteiger partial charge is 0.394 e. The minimum Gasteiger partial charge on any atom is -0.394 e. The molecule has 4 atom stereocenters. The number of thiol groups is 1. The standard InChI is InChI=1S/C9H14N4O6S/c10-9-11-6(5(20)7(17)12-9)13(18)8-4(16)3(15)2(1-14)19-8/h2-4,8,14-16,18,20H,1H2,(H3,10,11,12,17)/t2-,3-,4-,8-/m1/s1. The summed E-state index contributed by atoms with van der Waals surface area (Å²) < 4.78 is 5.09. The summed E-state index contributed by atoms with van der Waals surface area (Å²) in [6, 6.07) is 0. The lowest BCUT2D eigenvalue weighted by Crippen LogP contribution is -2.43. The molecule has 2 rings (SSSR count). The molecule has 10 nitrogen and oxygen atoms in total. The van der Waals surface area contributed by atoms with Gasteiger partial charge in [0, 0.05) is 0 Å². The summed E-state index contributed by atoms with van der Waals surface area (Å²) in [6.07, 6.45) is -5.39. The van der Waals surface area contributed by atoms with Crippen LogP contribution in [0.1, 0.15) is 0 Å². The summed E-state index contributed by atoms with van der Waals surface area (Å²) in [5.74, 6) is -0.519. The van der Waals surface area contributed by atoms with E-state index >= 15 is 0 Å². The summed E-state index contributed by atoms with van der Waals surface area (Å²) in [7, 11) is 0. The molecule has 0 spiro atoms. The predicted octanol–water partition coefficient (Wildman–Crippen LogP) is -2.72. The number of nitrogen functional groups attached to an aromatic ring is 1. The van der Waals surface area contributed by atoms with Gasteiger partial charge in [-0.2, -0.15) is 4.98 Å². The van der Waals surface area contributed by atoms with E-state index in [1.807, 2.05) is 0 Å². The number of nitrogens with one attached hydrogen (secondary N) is 1. The van der Waals surface area contributed by atoms with Gasteiger partial charge >= 0.3 is 0 Å². The van der Waals surface area contributed by atoms with Crippen molar-refractivity contribution in [3.8, 4) is 0 Å². The second-order valence-corrected chi connectivity index (χ2v) is 4.65. The van der Waals surface area contributed by atoms with Crippen LogP contribution in [0.25, 0.3) is 0 Å². The Morgan fingerprint density at radius 3 is 2.65 bits per heavy atom. The van der Waals surface area contributed by atoms with Crippen molar-refractivity contribution in [1.82, 2.24) is 9.97 Å². The van der Waals surface area contributed by atoms with Gasteiger partial charge < -0.3 is 30.8 Å². The third kappa shape index (κ3) is 2.46. The fraction of sp³-hybridized carbons (Fsp3) is 0.556. The van der Waals surface area contributed by atoms with Crippen molar-refractivity contribution in [2.75, 3.05) is 17.4 Å². The number of aromatic amines is 1. The maximum absolute atomic E-state index is 11.4. The van der Waals surface area contributed by atoms with E-state index in [0.29, 0.717) is 5.06 Å². The number of aliphatic hydroxyl groups excluding tert-OH is 3. The number of anilines is 2. The second kappa shape index (κ2) is 5.55. The molecule has 1 aromatic heterocycles. The highest BCUT2D eigenvalue weighted by molar-refractivity contribution is 7.80. The molecule has 0 amide bonds. The fourth-order valence-corrected chi connectivity index (χ4v) is 2.06. The van der Waals surface area contributed by atoms with Crippen LogP contribution in [0.4, 0.5) is 11.8 Å². The van der Waals surface area contributed by atoms with Gasteiger partial charge in [0.1, 0.15) is 23.2 Å². The molecule has 0 unspecified atom stereocenters. The Morgan fingerprint density at radius 2 is 2.10 bits per heavy atom. The Kier molecular flexibility index (Phi) is 4.17. The molecule has 1 aromatic rings. The number of hydrogen-bond donors (Lipinski definition) is 7. The first-order valence-corrected chi connectivity index (χ1v) is 6.00. The Morgan fingerprint density at radius 1 is 1.45 bits per heavy atom. The maximum atomic E-state index is 11.4. The quantitative estimate of drug-likeness (QED) is 0.232. The van der Waals surface area contributed by atoms with Gasteiger partial charge in [-0.25, -0.2) is 5.06 Å². The summed E-state index contributed by atoms with van der Waals surface area (Å²) in [5, 5.41) is 38.7. The minimum atomic E-state index is -1.51. The molecule has 1 fully saturated rings. The zero-order chi connectivity index (χ0) is 15.0. The molecule has 0 radical (unpaired) electrons. The number of H-pyrrole nitrogens is 1. The van der Waals surface area contributed by atoms with Crippen molar-refractivity contribution < 1.29 is 25.3 Å². The van der Waals surface area contributed by atoms with Gasteiger partial charge in [0.2, 0.25) is 5.95 Å². The van der Waals surface area contributed by atoms with Crippen molar-refractivity contribution in [1.29, 1.82) is 0 Å². The average Bonchev–Trinajstić information content (AvgIpc) is 2.69. The van der Waals surface area contributed by atoms with Gasteiger partial charge in [0.05, 0.1) is 6.61 Å². The number of nitrogens with two attached hydrogens (primary N) is 1. The highest BCUT2D eigenvalue weighted by Crippen LogP contribution is 2.28. The van der Waals surface area contributed by atoms with Crippen LogP contribution in [0.3, 0.4) is 0 Å². The van der Waals surface area contributed by atoms with Gasteiger partial charge in [0.25, 0.3) is 5.56 Å². The smallest absolute Gasteiger partial charge is 0.290 e. The summed E-state index contributed by atoms with van der Waals surface area (Å²) in [6.45, 7) is -0.550. The van der Waals surface area contributed by atoms with E-state index < -0.39 is 36.7 Å². The zero-order valence-electron chi connectivity index (χ0n) is 10.0. The van der Waals surface area contributed by atoms with E-state index in [2.05, 4.69) is 22.6 Å². The lowest BCUT2D eigenvalue weighted by atomic mass is 10.1. The number of hydroxylamine groups is 1. The Bertz CT molecular complexity index is 554. The molecule has 0 aliphatic carbocycles. The highest BCUT2D eigenvalue weighted by Gasteiger charge is 2.46. The molecule has 0 aromatic carbocycles. The molecule has 0 saturated carbocycles. The van der Waals surface area contributed by atoms with Crippen LogP contribution >= 0.6 is 12.6 Å². The molecule has 20 heavy (non-hydrogen) atoms. The molecule has 7 N–H and O–H groups in total. The highest BCUT2D eigenvalue weighted by atomic mass is 32.1. The van der Waals surface area contributed by atoms with Gasteiger partial charge in [-0.15, -0.1) is 12.6 Å². The van der Waals surface area contributed by atoms with Crippen LogP contribution in [-0.4, -0.2) is 61.6 Å². The van der Waals surface area contributed by atoms with Crippen LogP contribution < -0.4 is 16.4 Å². The fourth-order valence-electron chi connectivity index (χ4n) is 1.85. The van der Waals surface area contributed by atoms with Crippen LogP contribution in [0.5, 0.6) is 0 Å². The van der Waals surface area contributed by atoms with Crippen molar-refractivity contribution in [3.05, 3.63) is 10.4 Å². The Labute approximate surface area is 117 Å². The van der Waals surface area contributed by atoms with Crippen LogP contribution in [-0.2, 0) is 4.74 Å². The first-order valence-electron chi connectivity index (χ1n) is 5.56. The van der Waals surface area contributed by atoms with E-state index in [1.54, 1.807) is 0 Å². The van der Waals surface area contributed by atoms with Gasteiger partial charge in [-0.3, -0.25) is 10.0 Å². The number of rotatable bonds is 3. The first-order chi connectivity index (χ1) is 9.36. The van der Waals surface area contributed by atoms with E-state index in [9.17, 15) is 20.2 Å². The SMILES string of the molecule is Nc1nc(=O)c(S)c(N(O)[C@@H]2O[C@H](CO)[C@@H](O)[C@H]2O)[nH]1. The van der Waals surface area contributed by atoms with Gasteiger partial charge in [-0.1, -0.05) is 0 Å². The lowest BCUT2D eigenvalue weighted by molar-refractivity contribution is -0.0525. The van der Waals surface area contributed by atoms with Gasteiger partial charge in [-0.05, 0) is 0 Å². The van der Waals surface area contributed by atoms with E-state index in [-0.39, 0.29) is 16.7 Å². The van der Waals surface area contributed by atoms with E-state index in [0.717, 1.165) is 0 Å². The maximum Gasteiger partial charge on any atom is 0.290 e. The van der Waals surface area contributed by atoms with Crippen molar-refractivity contribution in [2.24, 2.45) is 0 Å². The molecule has 0 bridgehead atoms. The van der Waals surface area contributed by atoms with E-state index in [4.69, 9.17) is 15.6 Å². The molecule has 2 heterocycles. The number of nitrogens with zero attached hydrogens (tertiary/aromatic N) is 2. The predicted molar refractivity (Wildman–Crippen MR) is 68.5 cm³/mol. The average molecular weight is 306 g/mol. The molecule has 1 aliphatic rings. The second-order valence-electron chi connectivity index (χ2n) is 4.20. The van der Waals surface area contributed by atoms with Gasteiger partial charge in [0.15, 0.2) is 12.0 Å². The molecule has 1 saturated heterocycles. The molecule has 1 aliphatic heterocycles. The van der Waals surface area contributed by atoms with Crippen LogP contribution in [0, 0.1) is 0 Å². The minimum absolute atomic E-state index is 0.249. The number of aromatic nitrogens is 2.